The van der Waals surface area contributed by atoms with Gasteiger partial charge in [-0.2, -0.15) is 0 Å². The smallest absolute Gasteiger partial charge is 0.202 e. The lowest BCUT2D eigenvalue weighted by molar-refractivity contribution is 0.660. The molecule has 0 amide bonds. The van der Waals surface area contributed by atoms with Gasteiger partial charge in [0, 0.05) is 21.9 Å². The van der Waals surface area contributed by atoms with E-state index >= 15 is 0 Å². The van der Waals surface area contributed by atoms with Gasteiger partial charge < -0.3 is 4.42 Å². The van der Waals surface area contributed by atoms with Crippen molar-refractivity contribution in [1.82, 2.24) is 9.97 Å². The average molecular weight is 450 g/mol. The van der Waals surface area contributed by atoms with Crippen LogP contribution in [-0.2, 0) is 0 Å². The van der Waals surface area contributed by atoms with Gasteiger partial charge in [-0.05, 0) is 12.1 Å². The predicted molar refractivity (Wildman–Crippen MR) is 141 cm³/mol. The molecule has 4 nitrogen and oxygen atoms in total. The molecule has 0 bridgehead atoms. The highest BCUT2D eigenvalue weighted by Gasteiger charge is 2.22. The second-order valence-electron chi connectivity index (χ2n) is 8.53. The van der Waals surface area contributed by atoms with Gasteiger partial charge in [0.05, 0.1) is 21.8 Å². The van der Waals surface area contributed by atoms with Crippen LogP contribution >= 0.6 is 0 Å². The van der Waals surface area contributed by atoms with Crippen molar-refractivity contribution in [3.8, 4) is 22.5 Å². The number of aromatic nitrogens is 2. The predicted octanol–water partition coefficient (Wildman–Crippen LogP) is 7.38. The summed E-state index contributed by atoms with van der Waals surface area (Å²) >= 11 is 0. The lowest BCUT2D eigenvalue weighted by Gasteiger charge is -2.13. The molecule has 0 N–H and O–H groups in total. The lowest BCUT2D eigenvalue weighted by Crippen LogP contribution is -2.07. The standard InChI is InChI=1S/C31H18N2O2/c34-29-25-21-15-7-9-17-23(21)32-27(19-11-3-1-4-12-19)30(25)35-31-26(29)22-16-8-10-18-24(22)33-28(31)20-13-5-2-6-14-20/h1-18H. The third-order valence-electron chi connectivity index (χ3n) is 6.45. The molecule has 0 radical (unpaired) electrons. The minimum absolute atomic E-state index is 0.0761. The number of hydrogen-bond acceptors (Lipinski definition) is 4. The monoisotopic (exact) mass is 450 g/mol. The third kappa shape index (κ3) is 2.97. The molecule has 3 aromatic heterocycles. The number of benzene rings is 4. The first-order valence-corrected chi connectivity index (χ1v) is 11.5. The van der Waals surface area contributed by atoms with E-state index in [1.54, 1.807) is 0 Å². The van der Waals surface area contributed by atoms with Crippen molar-refractivity contribution in [3.63, 3.8) is 0 Å². The zero-order valence-corrected chi connectivity index (χ0v) is 18.6. The maximum atomic E-state index is 14.4. The number of hydrogen-bond donors (Lipinski definition) is 0. The minimum Gasteiger partial charge on any atom is -0.451 e. The second kappa shape index (κ2) is 7.61. The fourth-order valence-electron chi connectivity index (χ4n) is 4.85. The van der Waals surface area contributed by atoms with E-state index in [0.29, 0.717) is 33.3 Å². The van der Waals surface area contributed by atoms with Crippen LogP contribution in [0.5, 0.6) is 0 Å². The summed E-state index contributed by atoms with van der Waals surface area (Å²) in [4.78, 5) is 24.2. The molecule has 35 heavy (non-hydrogen) atoms. The first-order chi connectivity index (χ1) is 17.3. The van der Waals surface area contributed by atoms with E-state index < -0.39 is 0 Å². The van der Waals surface area contributed by atoms with Gasteiger partial charge in [0.1, 0.15) is 11.4 Å². The Bertz CT molecular complexity index is 1820. The number of nitrogens with zero attached hydrogens (tertiary/aromatic N) is 2. The summed E-state index contributed by atoms with van der Waals surface area (Å²) in [6.45, 7) is 0. The highest BCUT2D eigenvalue weighted by Crippen LogP contribution is 2.37. The van der Waals surface area contributed by atoms with E-state index in [0.717, 1.165) is 32.9 Å². The summed E-state index contributed by atoms with van der Waals surface area (Å²) in [6.07, 6.45) is 0. The van der Waals surface area contributed by atoms with Crippen LogP contribution in [0.4, 0.5) is 0 Å². The first kappa shape index (κ1) is 19.6. The molecule has 7 aromatic rings. The van der Waals surface area contributed by atoms with Gasteiger partial charge in [-0.3, -0.25) is 4.79 Å². The van der Waals surface area contributed by atoms with Crippen molar-refractivity contribution >= 4 is 43.7 Å². The Kier molecular flexibility index (Phi) is 4.26. The van der Waals surface area contributed by atoms with Crippen molar-refractivity contribution in [3.05, 3.63) is 119 Å². The number of para-hydroxylation sites is 2. The Hall–Kier alpha value is -4.83. The highest BCUT2D eigenvalue weighted by molar-refractivity contribution is 6.16. The van der Waals surface area contributed by atoms with Crippen molar-refractivity contribution in [2.75, 3.05) is 0 Å². The van der Waals surface area contributed by atoms with Gasteiger partial charge >= 0.3 is 0 Å². The van der Waals surface area contributed by atoms with Crippen molar-refractivity contribution < 1.29 is 4.42 Å². The fourth-order valence-corrected chi connectivity index (χ4v) is 4.85. The van der Waals surface area contributed by atoms with Crippen LogP contribution in [0.2, 0.25) is 0 Å². The Labute approximate surface area is 200 Å². The normalized spacial score (nSPS) is 11.5. The molecule has 3 heterocycles. The van der Waals surface area contributed by atoms with Crippen molar-refractivity contribution in [1.29, 1.82) is 0 Å². The van der Waals surface area contributed by atoms with Crippen LogP contribution < -0.4 is 5.43 Å². The van der Waals surface area contributed by atoms with Gasteiger partial charge in [-0.25, -0.2) is 9.97 Å². The Morgan fingerprint density at radius 2 is 0.886 bits per heavy atom. The van der Waals surface area contributed by atoms with Crippen LogP contribution in [0.3, 0.4) is 0 Å². The minimum atomic E-state index is -0.0761. The summed E-state index contributed by atoms with van der Waals surface area (Å²) < 4.78 is 6.69. The summed E-state index contributed by atoms with van der Waals surface area (Å²) in [5.74, 6) is 0. The second-order valence-corrected chi connectivity index (χ2v) is 8.53. The molecule has 0 saturated carbocycles. The molecule has 164 valence electrons. The van der Waals surface area contributed by atoms with Crippen molar-refractivity contribution in [2.45, 2.75) is 0 Å². The van der Waals surface area contributed by atoms with E-state index in [-0.39, 0.29) is 5.43 Å². The van der Waals surface area contributed by atoms with Gasteiger partial charge in [0.25, 0.3) is 0 Å². The number of pyridine rings is 2. The molecule has 0 saturated heterocycles. The summed E-state index contributed by atoms with van der Waals surface area (Å²) in [5.41, 5.74) is 5.45. The lowest BCUT2D eigenvalue weighted by atomic mass is 10.00. The molecule has 0 aliphatic rings. The Morgan fingerprint density at radius 3 is 1.34 bits per heavy atom. The SMILES string of the molecule is O=c1c2c(oc3c(-c4ccccc4)nc4ccccc4c13)c(-c1ccccc1)nc1ccccc12. The molecule has 4 aromatic carbocycles. The molecule has 0 fully saturated rings. The average Bonchev–Trinajstić information content (AvgIpc) is 2.93. The van der Waals surface area contributed by atoms with E-state index in [1.165, 1.54) is 0 Å². The van der Waals surface area contributed by atoms with Gasteiger partial charge in [-0.1, -0.05) is 97.1 Å². The number of fused-ring (bicyclic) bond motifs is 6. The molecule has 0 spiro atoms. The van der Waals surface area contributed by atoms with Crippen LogP contribution in [0, 0.1) is 0 Å². The molecule has 0 aliphatic carbocycles. The molecule has 4 heteroatoms. The van der Waals surface area contributed by atoms with E-state index in [1.807, 2.05) is 109 Å². The molecule has 0 atom stereocenters. The van der Waals surface area contributed by atoms with Crippen LogP contribution in [0.25, 0.3) is 66.3 Å². The van der Waals surface area contributed by atoms with Gasteiger partial charge in [0.15, 0.2) is 11.2 Å². The summed E-state index contributed by atoms with van der Waals surface area (Å²) in [6, 6.07) is 35.2. The molecule has 0 aliphatic heterocycles. The van der Waals surface area contributed by atoms with E-state index in [9.17, 15) is 4.79 Å². The zero-order valence-electron chi connectivity index (χ0n) is 18.6. The highest BCUT2D eigenvalue weighted by atomic mass is 16.3. The van der Waals surface area contributed by atoms with E-state index in [2.05, 4.69) is 0 Å². The molecule has 7 rings (SSSR count). The Morgan fingerprint density at radius 1 is 0.486 bits per heavy atom. The van der Waals surface area contributed by atoms with Crippen LogP contribution in [0.1, 0.15) is 0 Å². The number of rotatable bonds is 2. The van der Waals surface area contributed by atoms with E-state index in [4.69, 9.17) is 14.4 Å². The molecule has 0 unspecified atom stereocenters. The summed E-state index contributed by atoms with van der Waals surface area (Å²) in [5, 5.41) is 2.63. The Balaban J connectivity index is 1.77. The van der Waals surface area contributed by atoms with Crippen LogP contribution in [-0.4, -0.2) is 9.97 Å². The molecular weight excluding hydrogens is 432 g/mol. The van der Waals surface area contributed by atoms with Crippen molar-refractivity contribution in [2.24, 2.45) is 0 Å². The maximum absolute atomic E-state index is 14.4. The third-order valence-corrected chi connectivity index (χ3v) is 6.45. The van der Waals surface area contributed by atoms with Gasteiger partial charge in [-0.15, -0.1) is 0 Å². The topological polar surface area (TPSA) is 56.0 Å². The fraction of sp³-hybridized carbons (Fsp3) is 0. The first-order valence-electron chi connectivity index (χ1n) is 11.5. The maximum Gasteiger partial charge on any atom is 0.202 e. The summed E-state index contributed by atoms with van der Waals surface area (Å²) in [7, 11) is 0. The molecular formula is C31H18N2O2. The van der Waals surface area contributed by atoms with Gasteiger partial charge in [0.2, 0.25) is 5.43 Å². The zero-order chi connectivity index (χ0) is 23.4. The largest absolute Gasteiger partial charge is 0.451 e. The van der Waals surface area contributed by atoms with Crippen LogP contribution in [0.15, 0.2) is 118 Å². The quantitative estimate of drug-likeness (QED) is 0.204.